The van der Waals surface area contributed by atoms with E-state index in [0.717, 1.165) is 27.7 Å². The molecule has 0 radical (unpaired) electrons. The quantitative estimate of drug-likeness (QED) is 0.579. The third-order valence-corrected chi connectivity index (χ3v) is 4.27. The van der Waals surface area contributed by atoms with E-state index in [9.17, 15) is 4.79 Å². The van der Waals surface area contributed by atoms with E-state index in [-0.39, 0.29) is 5.91 Å². The summed E-state index contributed by atoms with van der Waals surface area (Å²) in [5.74, 6) is -0.264. The predicted octanol–water partition coefficient (Wildman–Crippen LogP) is 3.68. The number of nitrogens with one attached hydrogen (secondary N) is 1. The fourth-order valence-electron chi connectivity index (χ4n) is 2.75. The Balaban J connectivity index is 1.75. The number of anilines is 1. The van der Waals surface area contributed by atoms with E-state index in [1.807, 2.05) is 81.4 Å². The lowest BCUT2D eigenvalue weighted by molar-refractivity contribution is 0.0954. The number of benzene rings is 2. The van der Waals surface area contributed by atoms with Gasteiger partial charge in [0.2, 0.25) is 0 Å². The third-order valence-electron chi connectivity index (χ3n) is 4.27. The molecule has 2 aromatic carbocycles. The monoisotopic (exact) mass is 346 g/mol. The van der Waals surface area contributed by atoms with Gasteiger partial charge in [-0.1, -0.05) is 30.3 Å². The molecule has 0 saturated heterocycles. The van der Waals surface area contributed by atoms with E-state index in [0.29, 0.717) is 11.3 Å². The van der Waals surface area contributed by atoms with Crippen molar-refractivity contribution in [2.24, 2.45) is 5.10 Å². The fraction of sp³-hybridized carbons (Fsp3) is 0.190. The Morgan fingerprint density at radius 1 is 1.12 bits per heavy atom. The molecule has 0 bridgehead atoms. The molecule has 1 N–H and O–H groups in total. The van der Waals surface area contributed by atoms with Crippen molar-refractivity contribution in [3.63, 3.8) is 0 Å². The average Bonchev–Trinajstić information content (AvgIpc) is 2.62. The molecule has 0 aliphatic carbocycles. The molecular formula is C21H22N4O. The molecule has 1 aromatic heterocycles. The van der Waals surface area contributed by atoms with Crippen LogP contribution in [0.5, 0.6) is 0 Å². The lowest BCUT2D eigenvalue weighted by Gasteiger charge is -2.11. The van der Waals surface area contributed by atoms with Crippen LogP contribution in [0.15, 0.2) is 53.6 Å². The number of aromatic nitrogens is 1. The summed E-state index contributed by atoms with van der Waals surface area (Å²) in [6.07, 6.45) is 1.63. The van der Waals surface area contributed by atoms with Crippen LogP contribution in [-0.4, -0.2) is 31.2 Å². The lowest BCUT2D eigenvalue weighted by atomic mass is 10.1. The SMILES string of the molecule is Cc1nc2c(C)cccc2cc1C(=O)NN=Cc1ccc(N(C)C)cc1. The minimum Gasteiger partial charge on any atom is -0.378 e. The molecule has 0 unspecified atom stereocenters. The first-order chi connectivity index (χ1) is 12.5. The van der Waals surface area contributed by atoms with Crippen LogP contribution in [0.3, 0.4) is 0 Å². The van der Waals surface area contributed by atoms with Gasteiger partial charge in [-0.2, -0.15) is 5.10 Å². The molecule has 5 heteroatoms. The van der Waals surface area contributed by atoms with Crippen LogP contribution in [0.2, 0.25) is 0 Å². The molecular weight excluding hydrogens is 324 g/mol. The van der Waals surface area contributed by atoms with Gasteiger partial charge in [-0.25, -0.2) is 5.43 Å². The molecule has 1 amide bonds. The summed E-state index contributed by atoms with van der Waals surface area (Å²) in [6, 6.07) is 15.7. The van der Waals surface area contributed by atoms with Crippen LogP contribution in [-0.2, 0) is 0 Å². The highest BCUT2D eigenvalue weighted by Gasteiger charge is 2.11. The Bertz CT molecular complexity index is 975. The van der Waals surface area contributed by atoms with Crippen LogP contribution >= 0.6 is 0 Å². The van der Waals surface area contributed by atoms with E-state index in [2.05, 4.69) is 15.5 Å². The van der Waals surface area contributed by atoms with Crippen molar-refractivity contribution < 1.29 is 4.79 Å². The summed E-state index contributed by atoms with van der Waals surface area (Å²) in [4.78, 5) is 19.1. The number of hydrogen-bond acceptors (Lipinski definition) is 4. The molecule has 3 rings (SSSR count). The number of hydrazone groups is 1. The van der Waals surface area contributed by atoms with Gasteiger partial charge in [0.05, 0.1) is 23.0 Å². The Morgan fingerprint density at radius 2 is 1.85 bits per heavy atom. The minimum absolute atomic E-state index is 0.264. The number of carbonyl (C=O) groups is 1. The summed E-state index contributed by atoms with van der Waals surface area (Å²) in [6.45, 7) is 3.85. The van der Waals surface area contributed by atoms with Crippen molar-refractivity contribution >= 4 is 28.7 Å². The zero-order valence-electron chi connectivity index (χ0n) is 15.4. The van der Waals surface area contributed by atoms with Crippen LogP contribution in [0.1, 0.15) is 27.2 Å². The molecule has 26 heavy (non-hydrogen) atoms. The first-order valence-corrected chi connectivity index (χ1v) is 8.43. The third kappa shape index (κ3) is 3.72. The number of hydrogen-bond donors (Lipinski definition) is 1. The van der Waals surface area contributed by atoms with Gasteiger partial charge >= 0.3 is 0 Å². The van der Waals surface area contributed by atoms with Crippen molar-refractivity contribution in [2.45, 2.75) is 13.8 Å². The Labute approximate surface area is 153 Å². The smallest absolute Gasteiger partial charge is 0.273 e. The maximum atomic E-state index is 12.5. The molecule has 0 saturated carbocycles. The standard InChI is InChI=1S/C21H22N4O/c1-14-6-5-7-17-12-19(15(2)23-20(14)17)21(26)24-22-13-16-8-10-18(11-9-16)25(3)4/h5-13H,1-4H3,(H,24,26). The predicted molar refractivity (Wildman–Crippen MR) is 107 cm³/mol. The van der Waals surface area contributed by atoms with Gasteiger partial charge in [0.15, 0.2) is 0 Å². The van der Waals surface area contributed by atoms with Gasteiger partial charge in [-0.05, 0) is 43.2 Å². The summed E-state index contributed by atoms with van der Waals surface area (Å²) in [7, 11) is 3.98. The van der Waals surface area contributed by atoms with E-state index in [1.54, 1.807) is 6.21 Å². The normalized spacial score (nSPS) is 11.1. The maximum absolute atomic E-state index is 12.5. The molecule has 0 fully saturated rings. The largest absolute Gasteiger partial charge is 0.378 e. The van der Waals surface area contributed by atoms with Gasteiger partial charge in [0.1, 0.15) is 0 Å². The summed E-state index contributed by atoms with van der Waals surface area (Å²) in [5.41, 5.74) is 7.85. The minimum atomic E-state index is -0.264. The highest BCUT2D eigenvalue weighted by molar-refractivity contribution is 5.99. The zero-order chi connectivity index (χ0) is 18.7. The number of nitrogens with zero attached hydrogens (tertiary/aromatic N) is 3. The van der Waals surface area contributed by atoms with E-state index >= 15 is 0 Å². The molecule has 3 aromatic rings. The van der Waals surface area contributed by atoms with Gasteiger partial charge < -0.3 is 4.90 Å². The van der Waals surface area contributed by atoms with Crippen molar-refractivity contribution in [3.8, 4) is 0 Å². The summed E-state index contributed by atoms with van der Waals surface area (Å²) in [5, 5.41) is 5.01. The fourth-order valence-corrected chi connectivity index (χ4v) is 2.75. The number of amides is 1. The summed E-state index contributed by atoms with van der Waals surface area (Å²) >= 11 is 0. The summed E-state index contributed by atoms with van der Waals surface area (Å²) < 4.78 is 0. The highest BCUT2D eigenvalue weighted by Crippen LogP contribution is 2.19. The van der Waals surface area contributed by atoms with Crippen LogP contribution in [0.4, 0.5) is 5.69 Å². The number of pyridine rings is 1. The molecule has 0 spiro atoms. The van der Waals surface area contributed by atoms with Gasteiger partial charge in [0, 0.05) is 25.2 Å². The van der Waals surface area contributed by atoms with Gasteiger partial charge in [-0.15, -0.1) is 0 Å². The number of fused-ring (bicyclic) bond motifs is 1. The topological polar surface area (TPSA) is 57.6 Å². The van der Waals surface area contributed by atoms with Crippen molar-refractivity contribution in [3.05, 3.63) is 70.9 Å². The Kier molecular flexibility index (Phi) is 4.98. The number of aryl methyl sites for hydroxylation is 2. The van der Waals surface area contributed by atoms with E-state index in [1.165, 1.54) is 0 Å². The average molecular weight is 346 g/mol. The first-order valence-electron chi connectivity index (χ1n) is 8.43. The molecule has 0 aliphatic rings. The van der Waals surface area contributed by atoms with Crippen LogP contribution < -0.4 is 10.3 Å². The zero-order valence-corrected chi connectivity index (χ0v) is 15.4. The molecule has 132 valence electrons. The van der Waals surface area contributed by atoms with Gasteiger partial charge in [0.25, 0.3) is 5.91 Å². The second-order valence-electron chi connectivity index (χ2n) is 6.45. The van der Waals surface area contributed by atoms with Crippen molar-refractivity contribution in [1.82, 2.24) is 10.4 Å². The van der Waals surface area contributed by atoms with E-state index in [4.69, 9.17) is 0 Å². The Hall–Kier alpha value is -3.21. The second kappa shape index (κ2) is 7.35. The maximum Gasteiger partial charge on any atom is 0.273 e. The molecule has 5 nitrogen and oxygen atoms in total. The van der Waals surface area contributed by atoms with Crippen molar-refractivity contribution in [2.75, 3.05) is 19.0 Å². The second-order valence-corrected chi connectivity index (χ2v) is 6.45. The first kappa shape index (κ1) is 17.6. The Morgan fingerprint density at radius 3 is 2.54 bits per heavy atom. The van der Waals surface area contributed by atoms with Crippen LogP contribution in [0.25, 0.3) is 10.9 Å². The van der Waals surface area contributed by atoms with E-state index < -0.39 is 0 Å². The van der Waals surface area contributed by atoms with Crippen molar-refractivity contribution in [1.29, 1.82) is 0 Å². The molecule has 0 atom stereocenters. The molecule has 1 heterocycles. The molecule has 0 aliphatic heterocycles. The van der Waals surface area contributed by atoms with Gasteiger partial charge in [-0.3, -0.25) is 9.78 Å². The number of para-hydroxylation sites is 1. The number of carbonyl (C=O) groups excluding carboxylic acids is 1. The lowest BCUT2D eigenvalue weighted by Crippen LogP contribution is -2.19. The van der Waals surface area contributed by atoms with Crippen LogP contribution in [0, 0.1) is 13.8 Å². The number of rotatable bonds is 4. The highest BCUT2D eigenvalue weighted by atomic mass is 16.2.